The molecule has 0 aromatic carbocycles. The van der Waals surface area contributed by atoms with Crippen molar-refractivity contribution in [3.8, 4) is 0 Å². The van der Waals surface area contributed by atoms with Gasteiger partial charge in [0, 0.05) is 0 Å². The van der Waals surface area contributed by atoms with E-state index in [-0.39, 0.29) is 0 Å². The topological polar surface area (TPSA) is 52.6 Å². The molecule has 1 aliphatic heterocycles. The van der Waals surface area contributed by atoms with Crippen LogP contribution in [0.25, 0.3) is 0 Å². The number of esters is 2. The molecule has 0 radical (unpaired) electrons. The number of rotatable bonds is 1. The molecule has 0 spiro atoms. The first-order chi connectivity index (χ1) is 6.36. The van der Waals surface area contributed by atoms with E-state index in [0.717, 1.165) is 7.11 Å². The lowest BCUT2D eigenvalue weighted by Crippen LogP contribution is -2.36. The molecule has 0 aromatic rings. The van der Waals surface area contributed by atoms with E-state index in [2.05, 4.69) is 9.47 Å². The maximum Gasteiger partial charge on any atom is 0.396 e. The van der Waals surface area contributed by atoms with Crippen LogP contribution in [-0.2, 0) is 19.1 Å². The lowest BCUT2D eigenvalue weighted by molar-refractivity contribution is -0.196. The smallest absolute Gasteiger partial charge is 0.396 e. The Kier molecular flexibility index (Phi) is 2.68. The Hall–Kier alpha value is -1.27. The van der Waals surface area contributed by atoms with Crippen LogP contribution in [0.3, 0.4) is 0 Å². The molecular formula is C7H7F3O4. The van der Waals surface area contributed by atoms with E-state index in [4.69, 9.17) is 0 Å². The van der Waals surface area contributed by atoms with Crippen molar-refractivity contribution in [1.82, 2.24) is 0 Å². The fourth-order valence-corrected chi connectivity index (χ4v) is 1.17. The van der Waals surface area contributed by atoms with Crippen LogP contribution in [0.5, 0.6) is 0 Å². The van der Waals surface area contributed by atoms with Gasteiger partial charge in [0.2, 0.25) is 6.10 Å². The maximum atomic E-state index is 12.2. The van der Waals surface area contributed by atoms with Gasteiger partial charge in [0.1, 0.15) is 5.92 Å². The Balaban J connectivity index is 2.83. The van der Waals surface area contributed by atoms with Crippen molar-refractivity contribution >= 4 is 11.9 Å². The third-order valence-electron chi connectivity index (χ3n) is 1.86. The van der Waals surface area contributed by atoms with Crippen LogP contribution in [0.15, 0.2) is 0 Å². The van der Waals surface area contributed by atoms with Gasteiger partial charge in [-0.15, -0.1) is 0 Å². The first-order valence-electron chi connectivity index (χ1n) is 3.70. The van der Waals surface area contributed by atoms with Crippen molar-refractivity contribution in [1.29, 1.82) is 0 Å². The van der Waals surface area contributed by atoms with E-state index >= 15 is 0 Å². The fourth-order valence-electron chi connectivity index (χ4n) is 1.17. The average molecular weight is 212 g/mol. The van der Waals surface area contributed by atoms with Gasteiger partial charge in [-0.25, -0.2) is 4.79 Å². The van der Waals surface area contributed by atoms with Gasteiger partial charge in [0.05, 0.1) is 13.5 Å². The predicted molar refractivity (Wildman–Crippen MR) is 36.1 cm³/mol. The summed E-state index contributed by atoms with van der Waals surface area (Å²) >= 11 is 0. The molecule has 0 N–H and O–H groups in total. The van der Waals surface area contributed by atoms with Gasteiger partial charge in [-0.1, -0.05) is 0 Å². The van der Waals surface area contributed by atoms with Gasteiger partial charge >= 0.3 is 18.1 Å². The monoisotopic (exact) mass is 212 g/mol. The first-order valence-corrected chi connectivity index (χ1v) is 3.70. The summed E-state index contributed by atoms with van der Waals surface area (Å²) in [6, 6.07) is 0. The van der Waals surface area contributed by atoms with Crippen LogP contribution in [0.4, 0.5) is 13.2 Å². The number of hydrogen-bond acceptors (Lipinski definition) is 4. The molecule has 80 valence electrons. The maximum absolute atomic E-state index is 12.2. The summed E-state index contributed by atoms with van der Waals surface area (Å²) in [5.41, 5.74) is 0. The summed E-state index contributed by atoms with van der Waals surface area (Å²) in [6.45, 7) is 0. The van der Waals surface area contributed by atoms with Crippen LogP contribution in [0.2, 0.25) is 0 Å². The molecule has 0 bridgehead atoms. The van der Waals surface area contributed by atoms with E-state index in [1.807, 2.05) is 0 Å². The summed E-state index contributed by atoms with van der Waals surface area (Å²) in [4.78, 5) is 21.4. The standard InChI is InChI=1S/C7H7F3O4/c1-13-6(12)5-3(7(8,9)10)2-4(11)14-5/h3,5H,2H2,1H3/t3-,5-/m0/s1. The molecule has 14 heavy (non-hydrogen) atoms. The highest BCUT2D eigenvalue weighted by Crippen LogP contribution is 2.37. The van der Waals surface area contributed by atoms with Gasteiger partial charge in [-0.2, -0.15) is 13.2 Å². The largest absolute Gasteiger partial charge is 0.466 e. The van der Waals surface area contributed by atoms with E-state index < -0.39 is 36.6 Å². The third kappa shape index (κ3) is 1.97. The predicted octanol–water partition coefficient (Wildman–Crippen LogP) is 0.653. The van der Waals surface area contributed by atoms with E-state index in [1.54, 1.807) is 0 Å². The van der Waals surface area contributed by atoms with Crippen molar-refractivity contribution in [2.24, 2.45) is 5.92 Å². The van der Waals surface area contributed by atoms with Crippen LogP contribution in [-0.4, -0.2) is 31.3 Å². The number of alkyl halides is 3. The van der Waals surface area contributed by atoms with Crippen LogP contribution < -0.4 is 0 Å². The molecule has 0 aromatic heterocycles. The zero-order valence-electron chi connectivity index (χ0n) is 7.13. The van der Waals surface area contributed by atoms with E-state index in [1.165, 1.54) is 0 Å². The van der Waals surface area contributed by atoms with Gasteiger partial charge < -0.3 is 9.47 Å². The summed E-state index contributed by atoms with van der Waals surface area (Å²) in [5.74, 6) is -4.32. The lowest BCUT2D eigenvalue weighted by atomic mass is 10.0. The summed E-state index contributed by atoms with van der Waals surface area (Å²) in [6.07, 6.45) is -7.32. The third-order valence-corrected chi connectivity index (χ3v) is 1.86. The lowest BCUT2D eigenvalue weighted by Gasteiger charge is -2.17. The van der Waals surface area contributed by atoms with Crippen molar-refractivity contribution in [3.05, 3.63) is 0 Å². The zero-order chi connectivity index (χ0) is 10.9. The second-order valence-electron chi connectivity index (χ2n) is 2.79. The molecule has 7 heteroatoms. The first kappa shape index (κ1) is 10.8. The van der Waals surface area contributed by atoms with Gasteiger partial charge in [0.25, 0.3) is 0 Å². The second-order valence-corrected chi connectivity index (χ2v) is 2.79. The molecule has 0 saturated carbocycles. The van der Waals surface area contributed by atoms with E-state index in [9.17, 15) is 22.8 Å². The molecule has 0 unspecified atom stereocenters. The quantitative estimate of drug-likeness (QED) is 0.599. The molecule has 2 atom stereocenters. The summed E-state index contributed by atoms with van der Waals surface area (Å²) < 4.78 is 45.0. The molecule has 1 saturated heterocycles. The molecule has 0 amide bonds. The van der Waals surface area contributed by atoms with Crippen LogP contribution >= 0.6 is 0 Å². The van der Waals surface area contributed by atoms with Crippen LogP contribution in [0, 0.1) is 5.92 Å². The molecule has 1 heterocycles. The van der Waals surface area contributed by atoms with E-state index in [0.29, 0.717) is 0 Å². The van der Waals surface area contributed by atoms with Gasteiger partial charge in [-0.05, 0) is 0 Å². The molecule has 4 nitrogen and oxygen atoms in total. The number of hydrogen-bond donors (Lipinski definition) is 0. The average Bonchev–Trinajstić information content (AvgIpc) is 2.45. The number of methoxy groups -OCH3 is 1. The van der Waals surface area contributed by atoms with Gasteiger partial charge in [-0.3, -0.25) is 4.79 Å². The molecule has 1 aliphatic rings. The van der Waals surface area contributed by atoms with Crippen molar-refractivity contribution in [2.45, 2.75) is 18.7 Å². The molecule has 1 fully saturated rings. The number of carbonyl (C=O) groups excluding carboxylic acids is 2. The number of carbonyl (C=O) groups is 2. The molecule has 1 rings (SSSR count). The minimum Gasteiger partial charge on any atom is -0.466 e. The normalized spacial score (nSPS) is 27.3. The number of ether oxygens (including phenoxy) is 2. The Morgan fingerprint density at radius 1 is 1.57 bits per heavy atom. The van der Waals surface area contributed by atoms with Crippen molar-refractivity contribution < 1.29 is 32.2 Å². The van der Waals surface area contributed by atoms with Crippen molar-refractivity contribution in [3.63, 3.8) is 0 Å². The highest BCUT2D eigenvalue weighted by molar-refractivity contribution is 5.83. The Bertz CT molecular complexity index is 260. The minimum atomic E-state index is -4.63. The Labute approximate surface area is 77.0 Å². The number of cyclic esters (lactones) is 1. The van der Waals surface area contributed by atoms with Gasteiger partial charge in [0.15, 0.2) is 0 Å². The summed E-state index contributed by atoms with van der Waals surface area (Å²) in [7, 11) is 0.932. The highest BCUT2D eigenvalue weighted by Gasteiger charge is 2.55. The Morgan fingerprint density at radius 2 is 2.14 bits per heavy atom. The molecular weight excluding hydrogens is 205 g/mol. The van der Waals surface area contributed by atoms with Crippen molar-refractivity contribution in [2.75, 3.05) is 7.11 Å². The molecule has 0 aliphatic carbocycles. The highest BCUT2D eigenvalue weighted by atomic mass is 19.4. The summed E-state index contributed by atoms with van der Waals surface area (Å²) in [5, 5.41) is 0. The fraction of sp³-hybridized carbons (Fsp3) is 0.714. The van der Waals surface area contributed by atoms with Crippen LogP contribution in [0.1, 0.15) is 6.42 Å². The zero-order valence-corrected chi connectivity index (χ0v) is 7.13. The number of halogens is 3. The second kappa shape index (κ2) is 3.47. The minimum absolute atomic E-state index is 0.830. The Morgan fingerprint density at radius 3 is 2.57 bits per heavy atom. The SMILES string of the molecule is COC(=O)[C@H]1OC(=O)C[C@@H]1C(F)(F)F.